The molecular formula is C15H28N4. The van der Waals surface area contributed by atoms with Crippen LogP contribution < -0.4 is 5.32 Å². The fourth-order valence-electron chi connectivity index (χ4n) is 2.85. The number of hydrogen-bond donors (Lipinski definition) is 2. The van der Waals surface area contributed by atoms with Crippen molar-refractivity contribution in [1.29, 1.82) is 0 Å². The molecule has 0 radical (unpaired) electrons. The molecule has 0 aliphatic carbocycles. The summed E-state index contributed by atoms with van der Waals surface area (Å²) in [4.78, 5) is 8.31. The number of rotatable bonds is 7. The minimum Gasteiger partial charge on any atom is -0.365 e. The van der Waals surface area contributed by atoms with Gasteiger partial charge in [-0.15, -0.1) is 0 Å². The number of nitrogens with zero attached hydrogens (tertiary/aromatic N) is 2. The lowest BCUT2D eigenvalue weighted by atomic mass is 10.1. The Kier molecular flexibility index (Phi) is 5.89. The van der Waals surface area contributed by atoms with E-state index in [9.17, 15) is 0 Å². The van der Waals surface area contributed by atoms with E-state index in [0.29, 0.717) is 0 Å². The van der Waals surface area contributed by atoms with Crippen LogP contribution in [-0.4, -0.2) is 67.6 Å². The van der Waals surface area contributed by atoms with E-state index in [1.165, 1.54) is 31.9 Å². The minimum atomic E-state index is 0.742. The fourth-order valence-corrected chi connectivity index (χ4v) is 2.85. The molecule has 0 saturated carbocycles. The van der Waals surface area contributed by atoms with E-state index < -0.39 is 0 Å². The van der Waals surface area contributed by atoms with Crippen LogP contribution in [-0.2, 0) is 6.42 Å². The Morgan fingerprint density at radius 3 is 2.84 bits per heavy atom. The number of H-pyrrole nitrogens is 1. The maximum Gasteiger partial charge on any atom is 0.0159 e. The van der Waals surface area contributed by atoms with Crippen LogP contribution >= 0.6 is 0 Å². The van der Waals surface area contributed by atoms with Crippen molar-refractivity contribution in [1.82, 2.24) is 20.1 Å². The van der Waals surface area contributed by atoms with Crippen LogP contribution in [0.25, 0.3) is 0 Å². The summed E-state index contributed by atoms with van der Waals surface area (Å²) in [5.74, 6) is 0.742. The normalized spacial score (nSPS) is 18.9. The number of aromatic amines is 1. The zero-order valence-corrected chi connectivity index (χ0v) is 12.4. The molecule has 1 atom stereocenters. The van der Waals surface area contributed by atoms with Crippen molar-refractivity contribution in [3.8, 4) is 0 Å². The van der Waals surface area contributed by atoms with Gasteiger partial charge in [0.2, 0.25) is 0 Å². The van der Waals surface area contributed by atoms with Gasteiger partial charge in [-0.25, -0.2) is 0 Å². The highest BCUT2D eigenvalue weighted by Gasteiger charge is 2.14. The van der Waals surface area contributed by atoms with Crippen LogP contribution in [0.5, 0.6) is 0 Å². The number of likely N-dealkylation sites (N-methyl/N-ethyl adjacent to an activating group) is 1. The Morgan fingerprint density at radius 1 is 1.37 bits per heavy atom. The average Bonchev–Trinajstić information content (AvgIpc) is 2.90. The van der Waals surface area contributed by atoms with Gasteiger partial charge in [-0.2, -0.15) is 0 Å². The van der Waals surface area contributed by atoms with Gasteiger partial charge in [0.25, 0.3) is 0 Å². The van der Waals surface area contributed by atoms with Gasteiger partial charge >= 0.3 is 0 Å². The molecule has 1 fully saturated rings. The summed E-state index contributed by atoms with van der Waals surface area (Å²) in [6.45, 7) is 10.6. The molecule has 0 bridgehead atoms. The van der Waals surface area contributed by atoms with E-state index in [4.69, 9.17) is 0 Å². The minimum absolute atomic E-state index is 0.742. The van der Waals surface area contributed by atoms with Gasteiger partial charge in [0, 0.05) is 64.1 Å². The topological polar surface area (TPSA) is 34.3 Å². The third-order valence-corrected chi connectivity index (χ3v) is 3.83. The first kappa shape index (κ1) is 14.6. The summed E-state index contributed by atoms with van der Waals surface area (Å²) in [6.07, 6.45) is 3.12. The van der Waals surface area contributed by atoms with E-state index in [2.05, 4.69) is 46.2 Å². The predicted octanol–water partition coefficient (Wildman–Crippen LogP) is 1.03. The molecule has 2 rings (SSSR count). The zero-order valence-electron chi connectivity index (χ0n) is 12.4. The van der Waals surface area contributed by atoms with Crippen LogP contribution in [0.3, 0.4) is 0 Å². The maximum absolute atomic E-state index is 3.41. The van der Waals surface area contributed by atoms with Crippen molar-refractivity contribution in [2.75, 3.05) is 52.9 Å². The van der Waals surface area contributed by atoms with Crippen molar-refractivity contribution < 1.29 is 0 Å². The summed E-state index contributed by atoms with van der Waals surface area (Å²) >= 11 is 0. The zero-order chi connectivity index (χ0) is 13.5. The van der Waals surface area contributed by atoms with E-state index in [1.807, 2.05) is 6.20 Å². The molecule has 4 heteroatoms. The summed E-state index contributed by atoms with van der Waals surface area (Å²) in [5.41, 5.74) is 1.33. The Bertz CT molecular complexity index is 330. The predicted molar refractivity (Wildman–Crippen MR) is 80.5 cm³/mol. The molecule has 1 unspecified atom stereocenters. The third-order valence-electron chi connectivity index (χ3n) is 3.83. The van der Waals surface area contributed by atoms with Crippen LogP contribution in [0.4, 0.5) is 0 Å². The van der Waals surface area contributed by atoms with Gasteiger partial charge in [0.15, 0.2) is 0 Å². The number of piperazine rings is 1. The molecule has 2 heterocycles. The summed E-state index contributed by atoms with van der Waals surface area (Å²) in [7, 11) is 2.23. The monoisotopic (exact) mass is 264 g/mol. The van der Waals surface area contributed by atoms with Crippen LogP contribution in [0.15, 0.2) is 18.3 Å². The van der Waals surface area contributed by atoms with Crippen LogP contribution in [0.2, 0.25) is 0 Å². The molecule has 0 aromatic carbocycles. The Balaban J connectivity index is 1.62. The molecule has 2 N–H and O–H groups in total. The second-order valence-corrected chi connectivity index (χ2v) is 5.86. The first-order valence-electron chi connectivity index (χ1n) is 7.48. The highest BCUT2D eigenvalue weighted by Crippen LogP contribution is 2.05. The summed E-state index contributed by atoms with van der Waals surface area (Å²) < 4.78 is 0. The SMILES string of the molecule is CC(CN(C)CCc1ccc[nH]1)CN1CCNCC1. The van der Waals surface area contributed by atoms with Gasteiger partial charge in [-0.05, 0) is 25.1 Å². The number of nitrogens with one attached hydrogen (secondary N) is 2. The lowest BCUT2D eigenvalue weighted by Crippen LogP contribution is -2.46. The highest BCUT2D eigenvalue weighted by atomic mass is 15.2. The Hall–Kier alpha value is -0.840. The van der Waals surface area contributed by atoms with Gasteiger partial charge in [0.1, 0.15) is 0 Å². The second-order valence-electron chi connectivity index (χ2n) is 5.86. The number of aromatic nitrogens is 1. The second kappa shape index (κ2) is 7.68. The first-order chi connectivity index (χ1) is 9.24. The average molecular weight is 264 g/mol. The molecule has 1 saturated heterocycles. The quantitative estimate of drug-likeness (QED) is 0.772. The molecule has 108 valence electrons. The lowest BCUT2D eigenvalue weighted by Gasteiger charge is -2.31. The van der Waals surface area contributed by atoms with Crippen molar-refractivity contribution in [2.45, 2.75) is 13.3 Å². The lowest BCUT2D eigenvalue weighted by molar-refractivity contribution is 0.184. The largest absolute Gasteiger partial charge is 0.365 e. The first-order valence-corrected chi connectivity index (χ1v) is 7.48. The van der Waals surface area contributed by atoms with Gasteiger partial charge in [-0.1, -0.05) is 6.92 Å². The third kappa shape index (κ3) is 5.35. The smallest absolute Gasteiger partial charge is 0.0159 e. The maximum atomic E-state index is 3.41. The van der Waals surface area contributed by atoms with Crippen LogP contribution in [0, 0.1) is 5.92 Å². The van der Waals surface area contributed by atoms with E-state index in [-0.39, 0.29) is 0 Å². The Labute approximate surface area is 117 Å². The van der Waals surface area contributed by atoms with Crippen LogP contribution in [0.1, 0.15) is 12.6 Å². The molecule has 0 spiro atoms. The van der Waals surface area contributed by atoms with Gasteiger partial charge in [-0.3, -0.25) is 0 Å². The Morgan fingerprint density at radius 2 is 2.16 bits per heavy atom. The molecule has 1 aliphatic rings. The van der Waals surface area contributed by atoms with Gasteiger partial charge in [0.05, 0.1) is 0 Å². The molecule has 0 amide bonds. The van der Waals surface area contributed by atoms with Crippen molar-refractivity contribution >= 4 is 0 Å². The number of hydrogen-bond acceptors (Lipinski definition) is 3. The molecular weight excluding hydrogens is 236 g/mol. The van der Waals surface area contributed by atoms with Crippen molar-refractivity contribution in [3.63, 3.8) is 0 Å². The standard InChI is InChI=1S/C15H28N4/c1-14(13-19-10-7-16-8-11-19)12-18(2)9-5-15-4-3-6-17-15/h3-4,6,14,16-17H,5,7-13H2,1-2H3. The van der Waals surface area contributed by atoms with E-state index >= 15 is 0 Å². The molecule has 1 aliphatic heterocycles. The van der Waals surface area contributed by atoms with E-state index in [0.717, 1.165) is 32.0 Å². The summed E-state index contributed by atoms with van der Waals surface area (Å²) in [5, 5.41) is 3.41. The molecule has 19 heavy (non-hydrogen) atoms. The molecule has 1 aromatic heterocycles. The molecule has 1 aromatic rings. The van der Waals surface area contributed by atoms with Gasteiger partial charge < -0.3 is 20.1 Å². The summed E-state index contributed by atoms with van der Waals surface area (Å²) in [6, 6.07) is 4.24. The van der Waals surface area contributed by atoms with E-state index in [1.54, 1.807) is 0 Å². The fraction of sp³-hybridized carbons (Fsp3) is 0.733. The van der Waals surface area contributed by atoms with Crippen molar-refractivity contribution in [3.05, 3.63) is 24.0 Å². The highest BCUT2D eigenvalue weighted by molar-refractivity contribution is 5.03. The molecule has 4 nitrogen and oxygen atoms in total. The van der Waals surface area contributed by atoms with Crippen molar-refractivity contribution in [2.24, 2.45) is 5.92 Å².